The Balaban J connectivity index is 1.80. The van der Waals surface area contributed by atoms with Gasteiger partial charge in [0.1, 0.15) is 6.54 Å². The maximum atomic E-state index is 12.6. The summed E-state index contributed by atoms with van der Waals surface area (Å²) in [5, 5.41) is 3.58. The van der Waals surface area contributed by atoms with Crippen LogP contribution in [-0.4, -0.2) is 15.5 Å². The number of carbonyl (C=O) groups excluding carboxylic acids is 1. The Morgan fingerprint density at radius 3 is 2.65 bits per heavy atom. The first-order valence-electron chi connectivity index (χ1n) is 8.89. The van der Waals surface area contributed by atoms with Crippen molar-refractivity contribution in [3.63, 3.8) is 0 Å². The van der Waals surface area contributed by atoms with Crippen LogP contribution in [0, 0.1) is 6.92 Å². The number of benzene rings is 2. The van der Waals surface area contributed by atoms with E-state index in [4.69, 9.17) is 0 Å². The van der Waals surface area contributed by atoms with Gasteiger partial charge in [0.15, 0.2) is 0 Å². The molecule has 3 aromatic rings. The number of rotatable bonds is 6. The molecule has 0 saturated heterocycles. The van der Waals surface area contributed by atoms with Gasteiger partial charge in [-0.25, -0.2) is 4.98 Å². The summed E-state index contributed by atoms with van der Waals surface area (Å²) in [5.74, 6) is -0.191. The van der Waals surface area contributed by atoms with E-state index >= 15 is 0 Å². The third-order valence-electron chi connectivity index (χ3n) is 4.48. The summed E-state index contributed by atoms with van der Waals surface area (Å²) in [6.07, 6.45) is 3.25. The number of hydrogen-bond acceptors (Lipinski definition) is 3. The van der Waals surface area contributed by atoms with Crippen molar-refractivity contribution in [2.45, 2.75) is 39.3 Å². The fourth-order valence-corrected chi connectivity index (χ4v) is 3.14. The predicted octanol–water partition coefficient (Wildman–Crippen LogP) is 3.36. The van der Waals surface area contributed by atoms with E-state index in [1.165, 1.54) is 10.9 Å². The van der Waals surface area contributed by atoms with Gasteiger partial charge in [-0.15, -0.1) is 0 Å². The van der Waals surface area contributed by atoms with Crippen LogP contribution in [0.1, 0.15) is 36.9 Å². The Kier molecular flexibility index (Phi) is 5.46. The first-order valence-corrected chi connectivity index (χ1v) is 8.89. The first-order chi connectivity index (χ1) is 12.6. The molecule has 0 aliphatic carbocycles. The topological polar surface area (TPSA) is 64.0 Å². The number of amides is 1. The average Bonchev–Trinajstić information content (AvgIpc) is 2.65. The van der Waals surface area contributed by atoms with E-state index in [9.17, 15) is 9.59 Å². The summed E-state index contributed by atoms with van der Waals surface area (Å²) in [4.78, 5) is 29.5. The number of para-hydroxylation sites is 1. The average molecular weight is 349 g/mol. The van der Waals surface area contributed by atoms with Crippen molar-refractivity contribution < 1.29 is 4.79 Å². The molecule has 2 aromatic carbocycles. The van der Waals surface area contributed by atoms with E-state index < -0.39 is 0 Å². The van der Waals surface area contributed by atoms with Gasteiger partial charge in [0.05, 0.1) is 23.3 Å². The molecular formula is C21H23N3O2. The van der Waals surface area contributed by atoms with Crippen LogP contribution in [-0.2, 0) is 11.3 Å². The largest absolute Gasteiger partial charge is 0.348 e. The molecule has 0 radical (unpaired) electrons. The van der Waals surface area contributed by atoms with Gasteiger partial charge in [0.2, 0.25) is 5.91 Å². The Hall–Kier alpha value is -2.95. The van der Waals surface area contributed by atoms with Crippen LogP contribution < -0.4 is 10.9 Å². The number of carbonyl (C=O) groups is 1. The highest BCUT2D eigenvalue weighted by atomic mass is 16.2. The SMILES string of the molecule is CCCC(NC(=O)Cn1cnc2c(C)cccc2c1=O)c1ccccc1. The third kappa shape index (κ3) is 3.82. The molecule has 5 heteroatoms. The zero-order valence-corrected chi connectivity index (χ0v) is 15.1. The quantitative estimate of drug-likeness (QED) is 0.742. The number of aryl methyl sites for hydroxylation is 1. The fraction of sp³-hybridized carbons (Fsp3) is 0.286. The van der Waals surface area contributed by atoms with Crippen molar-refractivity contribution in [1.29, 1.82) is 0 Å². The minimum absolute atomic E-state index is 0.0389. The van der Waals surface area contributed by atoms with E-state index in [0.29, 0.717) is 10.9 Å². The maximum absolute atomic E-state index is 12.6. The second-order valence-electron chi connectivity index (χ2n) is 6.47. The molecule has 26 heavy (non-hydrogen) atoms. The molecule has 0 fully saturated rings. The normalized spacial score (nSPS) is 12.1. The van der Waals surface area contributed by atoms with Crippen molar-refractivity contribution in [3.05, 3.63) is 76.3 Å². The zero-order chi connectivity index (χ0) is 18.5. The van der Waals surface area contributed by atoms with Crippen LogP contribution >= 0.6 is 0 Å². The summed E-state index contributed by atoms with van der Waals surface area (Å²) in [6.45, 7) is 3.96. The number of nitrogens with zero attached hydrogens (tertiary/aromatic N) is 2. The molecule has 134 valence electrons. The molecule has 5 nitrogen and oxygen atoms in total. The molecule has 0 spiro atoms. The molecule has 1 atom stereocenters. The van der Waals surface area contributed by atoms with Crippen LogP contribution in [0.2, 0.25) is 0 Å². The first kappa shape index (κ1) is 17.9. The Morgan fingerprint density at radius 1 is 1.15 bits per heavy atom. The van der Waals surface area contributed by atoms with E-state index in [1.54, 1.807) is 6.07 Å². The van der Waals surface area contributed by atoms with E-state index in [0.717, 1.165) is 24.0 Å². The highest BCUT2D eigenvalue weighted by molar-refractivity contribution is 5.81. The van der Waals surface area contributed by atoms with Crippen molar-refractivity contribution >= 4 is 16.8 Å². The van der Waals surface area contributed by atoms with Crippen molar-refractivity contribution in [2.75, 3.05) is 0 Å². The highest BCUT2D eigenvalue weighted by Crippen LogP contribution is 2.18. The molecular weight excluding hydrogens is 326 g/mol. The van der Waals surface area contributed by atoms with Crippen LogP contribution in [0.3, 0.4) is 0 Å². The molecule has 3 rings (SSSR count). The molecule has 1 N–H and O–H groups in total. The molecule has 1 unspecified atom stereocenters. The summed E-state index contributed by atoms with van der Waals surface area (Å²) in [7, 11) is 0. The molecule has 1 aromatic heterocycles. The van der Waals surface area contributed by atoms with Gasteiger partial charge in [0, 0.05) is 0 Å². The fourth-order valence-electron chi connectivity index (χ4n) is 3.14. The van der Waals surface area contributed by atoms with Gasteiger partial charge in [-0.1, -0.05) is 55.8 Å². The van der Waals surface area contributed by atoms with Crippen molar-refractivity contribution in [1.82, 2.24) is 14.9 Å². The summed E-state index contributed by atoms with van der Waals surface area (Å²) >= 11 is 0. The number of aromatic nitrogens is 2. The monoisotopic (exact) mass is 349 g/mol. The molecule has 0 aliphatic heterocycles. The number of hydrogen-bond donors (Lipinski definition) is 1. The maximum Gasteiger partial charge on any atom is 0.261 e. The summed E-state index contributed by atoms with van der Waals surface area (Å²) in [5.41, 5.74) is 2.51. The second-order valence-corrected chi connectivity index (χ2v) is 6.47. The Labute approximate surface area is 152 Å². The highest BCUT2D eigenvalue weighted by Gasteiger charge is 2.15. The van der Waals surface area contributed by atoms with Gasteiger partial charge in [-0.05, 0) is 30.5 Å². The molecule has 1 amide bonds. The van der Waals surface area contributed by atoms with Crippen LogP contribution in [0.5, 0.6) is 0 Å². The van der Waals surface area contributed by atoms with Crippen LogP contribution in [0.25, 0.3) is 10.9 Å². The minimum Gasteiger partial charge on any atom is -0.348 e. The van der Waals surface area contributed by atoms with Gasteiger partial charge in [0.25, 0.3) is 5.56 Å². The van der Waals surface area contributed by atoms with Crippen LogP contribution in [0.15, 0.2) is 59.7 Å². The Morgan fingerprint density at radius 2 is 1.92 bits per heavy atom. The lowest BCUT2D eigenvalue weighted by molar-refractivity contribution is -0.122. The summed E-state index contributed by atoms with van der Waals surface area (Å²) in [6, 6.07) is 15.3. The standard InChI is InChI=1S/C21H23N3O2/c1-3-8-18(16-10-5-4-6-11-16)23-19(25)13-24-14-22-20-15(2)9-7-12-17(20)21(24)26/h4-7,9-12,14,18H,3,8,13H2,1-2H3,(H,23,25). The van der Waals surface area contributed by atoms with Gasteiger partial charge in [-0.2, -0.15) is 0 Å². The Bertz CT molecular complexity index is 964. The van der Waals surface area contributed by atoms with E-state index in [2.05, 4.69) is 17.2 Å². The zero-order valence-electron chi connectivity index (χ0n) is 15.1. The van der Waals surface area contributed by atoms with Crippen molar-refractivity contribution in [2.24, 2.45) is 0 Å². The predicted molar refractivity (Wildman–Crippen MR) is 103 cm³/mol. The lowest BCUT2D eigenvalue weighted by Gasteiger charge is -2.19. The molecule has 0 aliphatic rings. The molecule has 0 bridgehead atoms. The van der Waals surface area contributed by atoms with Gasteiger partial charge >= 0.3 is 0 Å². The van der Waals surface area contributed by atoms with Crippen molar-refractivity contribution in [3.8, 4) is 0 Å². The van der Waals surface area contributed by atoms with E-state index in [-0.39, 0.29) is 24.1 Å². The minimum atomic E-state index is -0.194. The van der Waals surface area contributed by atoms with Gasteiger partial charge < -0.3 is 5.32 Å². The van der Waals surface area contributed by atoms with Crippen LogP contribution in [0.4, 0.5) is 0 Å². The van der Waals surface area contributed by atoms with Gasteiger partial charge in [-0.3, -0.25) is 14.2 Å². The lowest BCUT2D eigenvalue weighted by atomic mass is 10.0. The number of fused-ring (bicyclic) bond motifs is 1. The second kappa shape index (κ2) is 7.95. The van der Waals surface area contributed by atoms with E-state index in [1.807, 2.05) is 49.4 Å². The third-order valence-corrected chi connectivity index (χ3v) is 4.48. The molecule has 0 saturated carbocycles. The lowest BCUT2D eigenvalue weighted by Crippen LogP contribution is -2.35. The summed E-state index contributed by atoms with van der Waals surface area (Å²) < 4.78 is 1.37. The number of nitrogens with one attached hydrogen (secondary N) is 1. The molecule has 1 heterocycles. The smallest absolute Gasteiger partial charge is 0.261 e.